The van der Waals surface area contributed by atoms with E-state index in [-0.39, 0.29) is 16.3 Å². The van der Waals surface area contributed by atoms with Crippen molar-refractivity contribution in [1.82, 2.24) is 9.78 Å². The zero-order chi connectivity index (χ0) is 13.8. The molecular weight excluding hydrogens is 280 g/mol. The maximum atomic E-state index is 11.6. The lowest BCUT2D eigenvalue weighted by atomic mass is 10.4. The summed E-state index contributed by atoms with van der Waals surface area (Å²) in [4.78, 5) is 11.6. The highest BCUT2D eigenvalue weighted by Crippen LogP contribution is 2.14. The van der Waals surface area contributed by atoms with Gasteiger partial charge < -0.3 is 5.32 Å². The van der Waals surface area contributed by atoms with Gasteiger partial charge in [0.15, 0.2) is 0 Å². The standard InChI is InChI=1S/C9H15ClN4O3S/c1-2-14-9(15)8(10)7(6-13-14)12-4-3-5-18(11,16)17/h6,12H,2-5H2,1H3,(H2,11,16,17). The van der Waals surface area contributed by atoms with Crippen molar-refractivity contribution in [3.05, 3.63) is 21.6 Å². The molecule has 0 aliphatic heterocycles. The number of nitrogens with one attached hydrogen (secondary N) is 1. The summed E-state index contributed by atoms with van der Waals surface area (Å²) in [6, 6.07) is 0. The van der Waals surface area contributed by atoms with Crippen LogP contribution in [0.2, 0.25) is 5.02 Å². The summed E-state index contributed by atoms with van der Waals surface area (Å²) in [6.45, 7) is 2.56. The van der Waals surface area contributed by atoms with Gasteiger partial charge in [0.05, 0.1) is 17.6 Å². The monoisotopic (exact) mass is 294 g/mol. The first-order valence-electron chi connectivity index (χ1n) is 5.35. The molecule has 1 aromatic heterocycles. The fraction of sp³-hybridized carbons (Fsp3) is 0.556. The first-order chi connectivity index (χ1) is 8.35. The van der Waals surface area contributed by atoms with Gasteiger partial charge in [0.25, 0.3) is 5.56 Å². The molecule has 18 heavy (non-hydrogen) atoms. The highest BCUT2D eigenvalue weighted by molar-refractivity contribution is 7.89. The Hall–Kier alpha value is -1.12. The average molecular weight is 295 g/mol. The van der Waals surface area contributed by atoms with Crippen molar-refractivity contribution >= 4 is 27.3 Å². The van der Waals surface area contributed by atoms with Crippen LogP contribution in [-0.2, 0) is 16.6 Å². The molecule has 0 atom stereocenters. The van der Waals surface area contributed by atoms with Gasteiger partial charge in [-0.05, 0) is 13.3 Å². The molecule has 3 N–H and O–H groups in total. The number of halogens is 1. The smallest absolute Gasteiger partial charge is 0.287 e. The highest BCUT2D eigenvalue weighted by atomic mass is 35.5. The summed E-state index contributed by atoms with van der Waals surface area (Å²) in [5.74, 6) is -0.128. The largest absolute Gasteiger partial charge is 0.382 e. The number of nitrogens with zero attached hydrogens (tertiary/aromatic N) is 2. The number of aromatic nitrogens is 2. The van der Waals surface area contributed by atoms with E-state index in [0.717, 1.165) is 0 Å². The topological polar surface area (TPSA) is 107 Å². The maximum absolute atomic E-state index is 11.6. The predicted molar refractivity (Wildman–Crippen MR) is 70.3 cm³/mol. The minimum Gasteiger partial charge on any atom is -0.382 e. The molecule has 0 amide bonds. The van der Waals surface area contributed by atoms with Crippen molar-refractivity contribution < 1.29 is 8.42 Å². The Balaban J connectivity index is 2.64. The van der Waals surface area contributed by atoms with Crippen LogP contribution in [0.1, 0.15) is 13.3 Å². The van der Waals surface area contributed by atoms with E-state index in [9.17, 15) is 13.2 Å². The number of hydrogen-bond acceptors (Lipinski definition) is 5. The van der Waals surface area contributed by atoms with Crippen molar-refractivity contribution in [2.45, 2.75) is 19.9 Å². The first-order valence-corrected chi connectivity index (χ1v) is 7.44. The van der Waals surface area contributed by atoms with Gasteiger partial charge in [0.2, 0.25) is 10.0 Å². The van der Waals surface area contributed by atoms with Gasteiger partial charge in [0.1, 0.15) is 5.02 Å². The van der Waals surface area contributed by atoms with Crippen molar-refractivity contribution in [3.63, 3.8) is 0 Å². The Bertz CT molecular complexity index is 570. The molecule has 1 heterocycles. The van der Waals surface area contributed by atoms with Crippen LogP contribution in [0.25, 0.3) is 0 Å². The van der Waals surface area contributed by atoms with Crippen LogP contribution < -0.4 is 16.0 Å². The van der Waals surface area contributed by atoms with Gasteiger partial charge in [0, 0.05) is 13.1 Å². The summed E-state index contributed by atoms with van der Waals surface area (Å²) in [6.07, 6.45) is 1.76. The van der Waals surface area contributed by atoms with Crippen LogP contribution in [0.3, 0.4) is 0 Å². The summed E-state index contributed by atoms with van der Waals surface area (Å²) >= 11 is 5.87. The van der Waals surface area contributed by atoms with Crippen LogP contribution in [0.4, 0.5) is 5.69 Å². The first kappa shape index (κ1) is 14.9. The molecule has 0 saturated heterocycles. The van der Waals surface area contributed by atoms with Crippen molar-refractivity contribution in [1.29, 1.82) is 0 Å². The molecule has 1 rings (SSSR count). The summed E-state index contributed by atoms with van der Waals surface area (Å²) in [5.41, 5.74) is 0.0106. The summed E-state index contributed by atoms with van der Waals surface area (Å²) in [5, 5.41) is 11.7. The van der Waals surface area contributed by atoms with Crippen molar-refractivity contribution in [2.24, 2.45) is 5.14 Å². The van der Waals surface area contributed by atoms with E-state index in [0.29, 0.717) is 25.2 Å². The summed E-state index contributed by atoms with van der Waals surface area (Å²) in [7, 11) is -3.46. The number of aryl methyl sites for hydroxylation is 1. The Kier molecular flexibility index (Phi) is 5.12. The van der Waals surface area contributed by atoms with Gasteiger partial charge in [-0.3, -0.25) is 4.79 Å². The third-order valence-corrected chi connectivity index (χ3v) is 3.43. The molecule has 0 aliphatic rings. The Labute approximate surface area is 110 Å². The SMILES string of the molecule is CCn1ncc(NCCCS(N)(=O)=O)c(Cl)c1=O. The van der Waals surface area contributed by atoms with Gasteiger partial charge in [-0.2, -0.15) is 5.10 Å². The Morgan fingerprint density at radius 3 is 2.78 bits per heavy atom. The number of rotatable bonds is 6. The normalized spacial score (nSPS) is 11.5. The molecule has 0 saturated carbocycles. The second-order valence-electron chi connectivity index (χ2n) is 3.64. The number of anilines is 1. The second kappa shape index (κ2) is 6.17. The van der Waals surface area contributed by atoms with Crippen LogP contribution in [0.5, 0.6) is 0 Å². The third-order valence-electron chi connectivity index (χ3n) is 2.21. The van der Waals surface area contributed by atoms with E-state index >= 15 is 0 Å². The van der Waals surface area contributed by atoms with E-state index in [2.05, 4.69) is 10.4 Å². The molecule has 0 spiro atoms. The molecule has 9 heteroatoms. The van der Waals surface area contributed by atoms with Gasteiger partial charge in [-0.15, -0.1) is 0 Å². The average Bonchev–Trinajstić information content (AvgIpc) is 2.28. The molecular formula is C9H15ClN4O3S. The highest BCUT2D eigenvalue weighted by Gasteiger charge is 2.08. The number of hydrogen-bond donors (Lipinski definition) is 2. The zero-order valence-electron chi connectivity index (χ0n) is 9.89. The minimum absolute atomic E-state index is 0.0439. The molecule has 0 aliphatic carbocycles. The lowest BCUT2D eigenvalue weighted by molar-refractivity contribution is 0.595. The van der Waals surface area contributed by atoms with E-state index in [4.69, 9.17) is 16.7 Å². The molecule has 0 radical (unpaired) electrons. The molecule has 1 aromatic rings. The van der Waals surface area contributed by atoms with Gasteiger partial charge in [-0.1, -0.05) is 11.6 Å². The van der Waals surface area contributed by atoms with Gasteiger partial charge >= 0.3 is 0 Å². The predicted octanol–water partition coefficient (Wildman–Crippen LogP) is 0.00710. The lowest BCUT2D eigenvalue weighted by Gasteiger charge is -2.08. The van der Waals surface area contributed by atoms with Crippen LogP contribution in [-0.4, -0.2) is 30.5 Å². The maximum Gasteiger partial charge on any atom is 0.287 e. The lowest BCUT2D eigenvalue weighted by Crippen LogP contribution is -2.24. The molecule has 7 nitrogen and oxygen atoms in total. The van der Waals surface area contributed by atoms with E-state index < -0.39 is 10.0 Å². The van der Waals surface area contributed by atoms with Crippen molar-refractivity contribution in [2.75, 3.05) is 17.6 Å². The molecule has 0 fully saturated rings. The van der Waals surface area contributed by atoms with E-state index in [1.54, 1.807) is 6.92 Å². The molecule has 0 bridgehead atoms. The fourth-order valence-electron chi connectivity index (χ4n) is 1.31. The van der Waals surface area contributed by atoms with E-state index in [1.165, 1.54) is 10.9 Å². The Morgan fingerprint density at radius 1 is 1.56 bits per heavy atom. The minimum atomic E-state index is -3.46. The third kappa shape index (κ3) is 4.28. The molecule has 0 aromatic carbocycles. The second-order valence-corrected chi connectivity index (χ2v) is 5.75. The van der Waals surface area contributed by atoms with Crippen LogP contribution in [0.15, 0.2) is 11.0 Å². The molecule has 102 valence electrons. The quantitative estimate of drug-likeness (QED) is 0.719. The summed E-state index contributed by atoms with van der Waals surface area (Å²) < 4.78 is 22.6. The van der Waals surface area contributed by atoms with Crippen LogP contribution in [0, 0.1) is 0 Å². The number of nitrogens with two attached hydrogens (primary N) is 1. The Morgan fingerprint density at radius 2 is 2.22 bits per heavy atom. The fourth-order valence-corrected chi connectivity index (χ4v) is 2.07. The van der Waals surface area contributed by atoms with E-state index in [1.807, 2.05) is 0 Å². The number of primary sulfonamides is 1. The van der Waals surface area contributed by atoms with Crippen LogP contribution >= 0.6 is 11.6 Å². The van der Waals surface area contributed by atoms with Gasteiger partial charge in [-0.25, -0.2) is 18.2 Å². The number of sulfonamides is 1. The van der Waals surface area contributed by atoms with Crippen molar-refractivity contribution in [3.8, 4) is 0 Å². The molecule has 0 unspecified atom stereocenters. The zero-order valence-corrected chi connectivity index (χ0v) is 11.5.